The second kappa shape index (κ2) is 9.41. The Hall–Kier alpha value is -3.10. The molecule has 1 aliphatic heterocycles. The molecule has 0 spiro atoms. The van der Waals surface area contributed by atoms with E-state index in [1.54, 1.807) is 48.4 Å². The van der Waals surface area contributed by atoms with Crippen LogP contribution in [0.15, 0.2) is 62.7 Å². The summed E-state index contributed by atoms with van der Waals surface area (Å²) in [6.45, 7) is 5.06. The minimum Gasteiger partial charge on any atom is -0.493 e. The molecular formula is C25H25BrN2O5. The van der Waals surface area contributed by atoms with Crippen molar-refractivity contribution in [1.29, 1.82) is 0 Å². The standard InChI is InChI=1S/C25H25BrN2O5/c1-5-12-32-19-8-6-15(13-20(19)31-4)22-21-23(29)17-14-16(26)7-9-18(17)33-24(21)25(30)28(22)11-10-27(2)3/h5-9,13-14,22H,1,10-12H2,2-4H3. The van der Waals surface area contributed by atoms with Gasteiger partial charge in [0.15, 0.2) is 16.9 Å². The minimum atomic E-state index is -0.602. The Morgan fingerprint density at radius 2 is 1.97 bits per heavy atom. The zero-order chi connectivity index (χ0) is 23.7. The molecule has 0 radical (unpaired) electrons. The topological polar surface area (TPSA) is 72.2 Å². The number of hydrogen-bond acceptors (Lipinski definition) is 6. The molecule has 2 aromatic carbocycles. The van der Waals surface area contributed by atoms with Gasteiger partial charge in [-0.15, -0.1) is 0 Å². The fourth-order valence-electron chi connectivity index (χ4n) is 4.00. The second-order valence-corrected chi connectivity index (χ2v) is 8.94. The van der Waals surface area contributed by atoms with Crippen molar-refractivity contribution in [3.05, 3.63) is 80.6 Å². The van der Waals surface area contributed by atoms with Gasteiger partial charge in [0.05, 0.1) is 24.1 Å². The lowest BCUT2D eigenvalue weighted by molar-refractivity contribution is 0.0716. The first-order valence-corrected chi connectivity index (χ1v) is 11.3. The lowest BCUT2D eigenvalue weighted by Crippen LogP contribution is -2.35. The van der Waals surface area contributed by atoms with Gasteiger partial charge in [0, 0.05) is 17.6 Å². The summed E-state index contributed by atoms with van der Waals surface area (Å²) in [7, 11) is 5.43. The molecule has 8 heteroatoms. The number of fused-ring (bicyclic) bond motifs is 2. The first-order valence-electron chi connectivity index (χ1n) is 10.5. The third-order valence-electron chi connectivity index (χ3n) is 5.58. The van der Waals surface area contributed by atoms with Crippen molar-refractivity contribution >= 4 is 32.8 Å². The number of methoxy groups -OCH3 is 1. The Bertz CT molecular complexity index is 1280. The quantitative estimate of drug-likeness (QED) is 0.420. The van der Waals surface area contributed by atoms with Crippen molar-refractivity contribution in [2.24, 2.45) is 0 Å². The normalized spacial score (nSPS) is 15.2. The minimum absolute atomic E-state index is 0.0875. The van der Waals surface area contributed by atoms with Crippen LogP contribution in [0, 0.1) is 0 Å². The van der Waals surface area contributed by atoms with Gasteiger partial charge in [-0.1, -0.05) is 34.7 Å². The maximum absolute atomic E-state index is 13.6. The molecule has 1 aliphatic rings. The smallest absolute Gasteiger partial charge is 0.290 e. The van der Waals surface area contributed by atoms with Crippen molar-refractivity contribution in [1.82, 2.24) is 9.80 Å². The van der Waals surface area contributed by atoms with E-state index in [9.17, 15) is 9.59 Å². The summed E-state index contributed by atoms with van der Waals surface area (Å²) in [4.78, 5) is 30.7. The molecule has 1 amide bonds. The van der Waals surface area contributed by atoms with Gasteiger partial charge in [0.2, 0.25) is 5.76 Å². The molecule has 1 atom stereocenters. The molecule has 7 nitrogen and oxygen atoms in total. The Balaban J connectivity index is 1.90. The fraction of sp³-hybridized carbons (Fsp3) is 0.280. The van der Waals surface area contributed by atoms with Crippen molar-refractivity contribution in [2.75, 3.05) is 40.9 Å². The van der Waals surface area contributed by atoms with Gasteiger partial charge in [-0.25, -0.2) is 0 Å². The van der Waals surface area contributed by atoms with Crippen LogP contribution in [0.3, 0.4) is 0 Å². The zero-order valence-electron chi connectivity index (χ0n) is 18.8. The predicted octanol–water partition coefficient (Wildman–Crippen LogP) is 4.24. The third kappa shape index (κ3) is 4.28. The molecule has 0 saturated carbocycles. The molecule has 1 aromatic heterocycles. The first-order chi connectivity index (χ1) is 15.8. The van der Waals surface area contributed by atoms with Crippen LogP contribution in [0.2, 0.25) is 0 Å². The molecule has 0 saturated heterocycles. The van der Waals surface area contributed by atoms with Gasteiger partial charge in [-0.3, -0.25) is 9.59 Å². The lowest BCUT2D eigenvalue weighted by atomic mass is 9.98. The highest BCUT2D eigenvalue weighted by Gasteiger charge is 2.42. The number of ether oxygens (including phenoxy) is 2. The molecule has 33 heavy (non-hydrogen) atoms. The van der Waals surface area contributed by atoms with E-state index in [0.29, 0.717) is 47.7 Å². The molecular weight excluding hydrogens is 488 g/mol. The van der Waals surface area contributed by atoms with Crippen LogP contribution in [0.25, 0.3) is 11.0 Å². The number of carbonyl (C=O) groups excluding carboxylic acids is 1. The van der Waals surface area contributed by atoms with E-state index in [4.69, 9.17) is 13.9 Å². The average Bonchev–Trinajstić information content (AvgIpc) is 3.08. The molecule has 4 rings (SSSR count). The SMILES string of the molecule is C=CCOc1ccc(C2c3c(oc4ccc(Br)cc4c3=O)C(=O)N2CCN(C)C)cc1OC. The van der Waals surface area contributed by atoms with Gasteiger partial charge in [0.1, 0.15) is 12.2 Å². The van der Waals surface area contributed by atoms with E-state index in [1.807, 2.05) is 25.1 Å². The van der Waals surface area contributed by atoms with E-state index in [0.717, 1.165) is 10.0 Å². The predicted molar refractivity (Wildman–Crippen MR) is 130 cm³/mol. The van der Waals surface area contributed by atoms with Gasteiger partial charge in [-0.05, 0) is 50.0 Å². The molecule has 172 valence electrons. The van der Waals surface area contributed by atoms with Crippen LogP contribution in [0.1, 0.15) is 27.7 Å². The molecule has 1 unspecified atom stereocenters. The van der Waals surface area contributed by atoms with E-state index in [-0.39, 0.29) is 17.1 Å². The Labute approximate surface area is 200 Å². The number of benzene rings is 2. The highest BCUT2D eigenvalue weighted by molar-refractivity contribution is 9.10. The van der Waals surface area contributed by atoms with Crippen LogP contribution in [0.4, 0.5) is 0 Å². The molecule has 0 fully saturated rings. The molecule has 3 aromatic rings. The van der Waals surface area contributed by atoms with E-state index < -0.39 is 6.04 Å². The lowest BCUT2D eigenvalue weighted by Gasteiger charge is -2.27. The average molecular weight is 513 g/mol. The summed E-state index contributed by atoms with van der Waals surface area (Å²) in [6, 6.07) is 10.0. The van der Waals surface area contributed by atoms with E-state index >= 15 is 0 Å². The highest BCUT2D eigenvalue weighted by Crippen LogP contribution is 2.41. The summed E-state index contributed by atoms with van der Waals surface area (Å²) in [5, 5.41) is 0.424. The van der Waals surface area contributed by atoms with Gasteiger partial charge in [-0.2, -0.15) is 0 Å². The molecule has 0 bridgehead atoms. The maximum atomic E-state index is 13.6. The Morgan fingerprint density at radius 3 is 2.67 bits per heavy atom. The zero-order valence-corrected chi connectivity index (χ0v) is 20.3. The maximum Gasteiger partial charge on any atom is 0.290 e. The number of amides is 1. The fourth-order valence-corrected chi connectivity index (χ4v) is 4.36. The number of halogens is 1. The number of nitrogens with zero attached hydrogens (tertiary/aromatic N) is 2. The molecule has 2 heterocycles. The van der Waals surface area contributed by atoms with Crippen LogP contribution in [-0.4, -0.2) is 56.6 Å². The van der Waals surface area contributed by atoms with Crippen LogP contribution in [0.5, 0.6) is 11.5 Å². The third-order valence-corrected chi connectivity index (χ3v) is 6.07. The summed E-state index contributed by atoms with van der Waals surface area (Å²) < 4.78 is 17.9. The van der Waals surface area contributed by atoms with Crippen molar-refractivity contribution in [3.63, 3.8) is 0 Å². The number of likely N-dealkylation sites (N-methyl/N-ethyl adjacent to an activating group) is 1. The second-order valence-electron chi connectivity index (χ2n) is 8.03. The van der Waals surface area contributed by atoms with E-state index in [2.05, 4.69) is 22.5 Å². The summed E-state index contributed by atoms with van der Waals surface area (Å²) >= 11 is 3.42. The summed E-state index contributed by atoms with van der Waals surface area (Å²) in [5.41, 5.74) is 1.25. The van der Waals surface area contributed by atoms with Crippen LogP contribution < -0.4 is 14.9 Å². The molecule has 0 N–H and O–H groups in total. The largest absolute Gasteiger partial charge is 0.493 e. The Kier molecular flexibility index (Phi) is 6.58. The van der Waals surface area contributed by atoms with E-state index in [1.165, 1.54) is 0 Å². The summed E-state index contributed by atoms with van der Waals surface area (Å²) in [5.74, 6) is 0.852. The van der Waals surface area contributed by atoms with Gasteiger partial charge in [0.25, 0.3) is 5.91 Å². The van der Waals surface area contributed by atoms with Gasteiger partial charge < -0.3 is 23.7 Å². The number of hydrogen-bond donors (Lipinski definition) is 0. The Morgan fingerprint density at radius 1 is 1.18 bits per heavy atom. The monoisotopic (exact) mass is 512 g/mol. The summed E-state index contributed by atoms with van der Waals surface area (Å²) in [6.07, 6.45) is 1.65. The van der Waals surface area contributed by atoms with Crippen LogP contribution in [-0.2, 0) is 0 Å². The molecule has 0 aliphatic carbocycles. The van der Waals surface area contributed by atoms with Crippen LogP contribution >= 0.6 is 15.9 Å². The first kappa shape index (κ1) is 23.1. The van der Waals surface area contributed by atoms with Gasteiger partial charge >= 0.3 is 0 Å². The highest BCUT2D eigenvalue weighted by atomic mass is 79.9. The van der Waals surface area contributed by atoms with Crippen molar-refractivity contribution in [3.8, 4) is 11.5 Å². The van der Waals surface area contributed by atoms with Crippen molar-refractivity contribution in [2.45, 2.75) is 6.04 Å². The number of carbonyl (C=O) groups is 1. The van der Waals surface area contributed by atoms with Crippen molar-refractivity contribution < 1.29 is 18.7 Å². The number of rotatable bonds is 8.